The molecule has 1 amide bonds. The van der Waals surface area contributed by atoms with Gasteiger partial charge in [0.05, 0.1) is 19.2 Å². The number of carbonyl (C=O) groups is 1. The molecule has 2 heterocycles. The molecular weight excluding hydrogens is 352 g/mol. The van der Waals surface area contributed by atoms with Gasteiger partial charge in [-0.25, -0.2) is 0 Å². The SMILES string of the molecule is COc1ccc(-c2nn(Cc3ccccc3)cc2C(=O)N2CCNCC2)cc1. The van der Waals surface area contributed by atoms with Gasteiger partial charge in [-0.05, 0) is 29.8 Å². The molecule has 0 aliphatic carbocycles. The quantitative estimate of drug-likeness (QED) is 0.744. The maximum Gasteiger partial charge on any atom is 0.257 e. The minimum absolute atomic E-state index is 0.0339. The standard InChI is InChI=1S/C22H24N4O2/c1-28-19-9-7-18(8-10-19)21-20(22(27)25-13-11-23-12-14-25)16-26(24-21)15-17-5-3-2-4-6-17/h2-10,16,23H,11-15H2,1H3. The maximum atomic E-state index is 13.2. The molecule has 6 heteroatoms. The molecule has 1 N–H and O–H groups in total. The van der Waals surface area contributed by atoms with Gasteiger partial charge in [0.15, 0.2) is 0 Å². The van der Waals surface area contributed by atoms with E-state index in [0.29, 0.717) is 30.9 Å². The van der Waals surface area contributed by atoms with Crippen LogP contribution in [0.2, 0.25) is 0 Å². The van der Waals surface area contributed by atoms with Crippen LogP contribution < -0.4 is 10.1 Å². The van der Waals surface area contributed by atoms with Crippen molar-refractivity contribution in [2.75, 3.05) is 33.3 Å². The lowest BCUT2D eigenvalue weighted by Crippen LogP contribution is -2.46. The van der Waals surface area contributed by atoms with Gasteiger partial charge < -0.3 is 15.0 Å². The summed E-state index contributed by atoms with van der Waals surface area (Å²) in [7, 11) is 1.64. The maximum absolute atomic E-state index is 13.2. The first-order valence-electron chi connectivity index (χ1n) is 9.50. The Morgan fingerprint density at radius 2 is 1.79 bits per heavy atom. The summed E-state index contributed by atoms with van der Waals surface area (Å²) in [5.41, 5.74) is 3.41. The predicted molar refractivity (Wildman–Crippen MR) is 109 cm³/mol. The van der Waals surface area contributed by atoms with Gasteiger partial charge in [-0.2, -0.15) is 5.10 Å². The largest absolute Gasteiger partial charge is 0.497 e. The fourth-order valence-electron chi connectivity index (χ4n) is 3.43. The molecule has 1 fully saturated rings. The Bertz CT molecular complexity index is 929. The monoisotopic (exact) mass is 376 g/mol. The molecule has 0 spiro atoms. The molecule has 1 aromatic heterocycles. The molecule has 0 unspecified atom stereocenters. The summed E-state index contributed by atoms with van der Waals surface area (Å²) in [5.74, 6) is 0.814. The van der Waals surface area contributed by atoms with Gasteiger partial charge in [0, 0.05) is 37.9 Å². The molecule has 144 valence electrons. The van der Waals surface area contributed by atoms with Gasteiger partial charge in [-0.3, -0.25) is 9.48 Å². The number of benzene rings is 2. The number of ether oxygens (including phenoxy) is 1. The summed E-state index contributed by atoms with van der Waals surface area (Å²) < 4.78 is 7.11. The Morgan fingerprint density at radius 3 is 2.46 bits per heavy atom. The van der Waals surface area contributed by atoms with E-state index in [1.54, 1.807) is 7.11 Å². The smallest absolute Gasteiger partial charge is 0.257 e. The van der Waals surface area contributed by atoms with Gasteiger partial charge in [-0.15, -0.1) is 0 Å². The number of nitrogens with one attached hydrogen (secondary N) is 1. The van der Waals surface area contributed by atoms with Gasteiger partial charge in [-0.1, -0.05) is 30.3 Å². The second-order valence-corrected chi connectivity index (χ2v) is 6.85. The average Bonchev–Trinajstić information content (AvgIpc) is 3.18. The van der Waals surface area contributed by atoms with E-state index < -0.39 is 0 Å². The molecule has 1 aliphatic heterocycles. The molecule has 1 saturated heterocycles. The van der Waals surface area contributed by atoms with Crippen molar-refractivity contribution in [1.82, 2.24) is 20.0 Å². The van der Waals surface area contributed by atoms with Crippen molar-refractivity contribution in [2.45, 2.75) is 6.54 Å². The number of rotatable bonds is 5. The third kappa shape index (κ3) is 3.92. The van der Waals surface area contributed by atoms with Gasteiger partial charge in [0.1, 0.15) is 11.4 Å². The third-order valence-corrected chi connectivity index (χ3v) is 4.95. The molecule has 2 aromatic carbocycles. The van der Waals surface area contributed by atoms with E-state index in [4.69, 9.17) is 9.84 Å². The molecule has 0 bridgehead atoms. The van der Waals surface area contributed by atoms with Crippen molar-refractivity contribution in [2.24, 2.45) is 0 Å². The first kappa shape index (κ1) is 18.3. The van der Waals surface area contributed by atoms with Crippen LogP contribution in [0.5, 0.6) is 5.75 Å². The van der Waals surface area contributed by atoms with Crippen molar-refractivity contribution >= 4 is 5.91 Å². The predicted octanol–water partition coefficient (Wildman–Crippen LogP) is 2.65. The Hall–Kier alpha value is -3.12. The number of methoxy groups -OCH3 is 1. The van der Waals surface area contributed by atoms with Crippen LogP contribution >= 0.6 is 0 Å². The lowest BCUT2D eigenvalue weighted by molar-refractivity contribution is 0.0736. The van der Waals surface area contributed by atoms with Crippen molar-refractivity contribution in [3.05, 3.63) is 71.9 Å². The lowest BCUT2D eigenvalue weighted by atomic mass is 10.1. The molecule has 0 radical (unpaired) electrons. The summed E-state index contributed by atoms with van der Waals surface area (Å²) in [6.45, 7) is 3.69. The van der Waals surface area contributed by atoms with Crippen molar-refractivity contribution in [3.63, 3.8) is 0 Å². The fourth-order valence-corrected chi connectivity index (χ4v) is 3.43. The van der Waals surface area contributed by atoms with Crippen LogP contribution in [0.4, 0.5) is 0 Å². The molecular formula is C22H24N4O2. The number of hydrogen-bond donors (Lipinski definition) is 1. The van der Waals surface area contributed by atoms with Crippen molar-refractivity contribution in [1.29, 1.82) is 0 Å². The molecule has 1 aliphatic rings. The van der Waals surface area contributed by atoms with Gasteiger partial charge >= 0.3 is 0 Å². The fraction of sp³-hybridized carbons (Fsp3) is 0.273. The molecule has 3 aromatic rings. The van der Waals surface area contributed by atoms with Crippen LogP contribution in [-0.4, -0.2) is 53.9 Å². The first-order chi connectivity index (χ1) is 13.7. The highest BCUT2D eigenvalue weighted by Gasteiger charge is 2.24. The zero-order valence-corrected chi connectivity index (χ0v) is 16.0. The topological polar surface area (TPSA) is 59.4 Å². The zero-order chi connectivity index (χ0) is 19.3. The second-order valence-electron chi connectivity index (χ2n) is 6.85. The molecule has 0 saturated carbocycles. The number of piperazine rings is 1. The Morgan fingerprint density at radius 1 is 1.07 bits per heavy atom. The van der Waals surface area contributed by atoms with Crippen LogP contribution in [0.25, 0.3) is 11.3 Å². The van der Waals surface area contributed by atoms with Gasteiger partial charge in [0.25, 0.3) is 5.91 Å². The third-order valence-electron chi connectivity index (χ3n) is 4.95. The van der Waals surface area contributed by atoms with E-state index in [1.807, 2.05) is 58.2 Å². The highest BCUT2D eigenvalue weighted by molar-refractivity contribution is 5.99. The first-order valence-corrected chi connectivity index (χ1v) is 9.50. The van der Waals surface area contributed by atoms with E-state index in [2.05, 4.69) is 17.4 Å². The lowest BCUT2D eigenvalue weighted by Gasteiger charge is -2.27. The highest BCUT2D eigenvalue weighted by Crippen LogP contribution is 2.26. The van der Waals surface area contributed by atoms with Crippen LogP contribution in [0.1, 0.15) is 15.9 Å². The molecule has 4 rings (SSSR count). The Kier molecular flexibility index (Phi) is 5.39. The van der Waals surface area contributed by atoms with E-state index >= 15 is 0 Å². The number of aromatic nitrogens is 2. The van der Waals surface area contributed by atoms with Crippen LogP contribution in [-0.2, 0) is 6.54 Å². The second kappa shape index (κ2) is 8.27. The van der Waals surface area contributed by atoms with Gasteiger partial charge in [0.2, 0.25) is 0 Å². The van der Waals surface area contributed by atoms with E-state index in [9.17, 15) is 4.79 Å². The van der Waals surface area contributed by atoms with Crippen LogP contribution in [0.15, 0.2) is 60.8 Å². The van der Waals surface area contributed by atoms with Crippen molar-refractivity contribution < 1.29 is 9.53 Å². The minimum atomic E-state index is 0.0339. The Labute approximate surface area is 164 Å². The van der Waals surface area contributed by atoms with Crippen LogP contribution in [0, 0.1) is 0 Å². The zero-order valence-electron chi connectivity index (χ0n) is 16.0. The summed E-state index contributed by atoms with van der Waals surface area (Å²) in [4.78, 5) is 15.1. The van der Waals surface area contributed by atoms with Crippen LogP contribution in [0.3, 0.4) is 0 Å². The van der Waals surface area contributed by atoms with Crippen molar-refractivity contribution in [3.8, 4) is 17.0 Å². The van der Waals surface area contributed by atoms with E-state index in [1.165, 1.54) is 0 Å². The molecule has 0 atom stereocenters. The number of carbonyl (C=O) groups excluding carboxylic acids is 1. The summed E-state index contributed by atoms with van der Waals surface area (Å²) in [6.07, 6.45) is 1.87. The average molecular weight is 376 g/mol. The summed E-state index contributed by atoms with van der Waals surface area (Å²) in [5, 5.41) is 8.05. The van der Waals surface area contributed by atoms with E-state index in [-0.39, 0.29) is 5.91 Å². The minimum Gasteiger partial charge on any atom is -0.497 e. The normalized spacial score (nSPS) is 14.1. The number of amides is 1. The van der Waals surface area contributed by atoms with E-state index in [0.717, 1.165) is 30.0 Å². The Balaban J connectivity index is 1.69. The summed E-state index contributed by atoms with van der Waals surface area (Å²) >= 11 is 0. The molecule has 28 heavy (non-hydrogen) atoms. The highest BCUT2D eigenvalue weighted by atomic mass is 16.5. The molecule has 6 nitrogen and oxygen atoms in total. The number of hydrogen-bond acceptors (Lipinski definition) is 4. The number of nitrogens with zero attached hydrogens (tertiary/aromatic N) is 3. The summed E-state index contributed by atoms with van der Waals surface area (Å²) in [6, 6.07) is 17.8.